The molecule has 1 fully saturated rings. The molecule has 116 valence electrons. The summed E-state index contributed by atoms with van der Waals surface area (Å²) in [6.07, 6.45) is 3.18. The van der Waals surface area contributed by atoms with E-state index in [-0.39, 0.29) is 5.91 Å². The van der Waals surface area contributed by atoms with Crippen molar-refractivity contribution in [1.29, 1.82) is 0 Å². The monoisotopic (exact) mass is 290 g/mol. The number of carbonyl (C=O) groups excluding carboxylic acids is 1. The van der Waals surface area contributed by atoms with E-state index in [1.807, 2.05) is 26.0 Å². The zero-order chi connectivity index (χ0) is 15.2. The van der Waals surface area contributed by atoms with Crippen molar-refractivity contribution < 1.29 is 9.53 Å². The van der Waals surface area contributed by atoms with E-state index in [0.29, 0.717) is 18.4 Å². The lowest BCUT2D eigenvalue weighted by molar-refractivity contribution is -0.116. The first-order valence-electron chi connectivity index (χ1n) is 7.76. The second-order valence-electron chi connectivity index (χ2n) is 6.14. The standard InChI is InChI=1S/C17H26N2O2/c1-13(2)11-17(20)18-14-6-8-15(9-7-14)19-10-4-5-16(12-19)21-3/h6-9,13,16H,4-5,10-12H2,1-3H3,(H,18,20). The summed E-state index contributed by atoms with van der Waals surface area (Å²) < 4.78 is 5.46. The van der Waals surface area contributed by atoms with E-state index >= 15 is 0 Å². The van der Waals surface area contributed by atoms with Crippen LogP contribution in [0.15, 0.2) is 24.3 Å². The first kappa shape index (κ1) is 15.8. The highest BCUT2D eigenvalue weighted by Crippen LogP contribution is 2.23. The molecule has 21 heavy (non-hydrogen) atoms. The molecule has 1 aliphatic heterocycles. The minimum atomic E-state index is 0.0789. The number of nitrogens with zero attached hydrogens (tertiary/aromatic N) is 1. The van der Waals surface area contributed by atoms with Crippen molar-refractivity contribution in [3.8, 4) is 0 Å². The maximum absolute atomic E-state index is 11.8. The van der Waals surface area contributed by atoms with Gasteiger partial charge in [-0.2, -0.15) is 0 Å². The van der Waals surface area contributed by atoms with Gasteiger partial charge in [-0.15, -0.1) is 0 Å². The number of anilines is 2. The van der Waals surface area contributed by atoms with E-state index in [0.717, 1.165) is 31.6 Å². The Bertz CT molecular complexity index is 456. The van der Waals surface area contributed by atoms with E-state index in [4.69, 9.17) is 4.74 Å². The molecular weight excluding hydrogens is 264 g/mol. The average molecular weight is 290 g/mol. The van der Waals surface area contributed by atoms with Crippen molar-refractivity contribution in [2.75, 3.05) is 30.4 Å². The van der Waals surface area contributed by atoms with E-state index < -0.39 is 0 Å². The van der Waals surface area contributed by atoms with Crippen molar-refractivity contribution in [2.45, 2.75) is 39.2 Å². The van der Waals surface area contributed by atoms with E-state index in [9.17, 15) is 4.79 Å². The number of amides is 1. The fraction of sp³-hybridized carbons (Fsp3) is 0.588. The lowest BCUT2D eigenvalue weighted by atomic mass is 10.1. The quantitative estimate of drug-likeness (QED) is 0.904. The van der Waals surface area contributed by atoms with Crippen LogP contribution in [0.4, 0.5) is 11.4 Å². The Morgan fingerprint density at radius 1 is 1.38 bits per heavy atom. The highest BCUT2D eigenvalue weighted by Gasteiger charge is 2.19. The van der Waals surface area contributed by atoms with Gasteiger partial charge in [0.15, 0.2) is 0 Å². The Morgan fingerprint density at radius 3 is 2.71 bits per heavy atom. The molecule has 1 aliphatic rings. The summed E-state index contributed by atoms with van der Waals surface area (Å²) >= 11 is 0. The van der Waals surface area contributed by atoms with Crippen LogP contribution in [-0.2, 0) is 9.53 Å². The highest BCUT2D eigenvalue weighted by atomic mass is 16.5. The normalized spacial score (nSPS) is 18.9. The van der Waals surface area contributed by atoms with Gasteiger partial charge in [-0.3, -0.25) is 4.79 Å². The molecule has 4 heteroatoms. The molecule has 0 radical (unpaired) electrons. The van der Waals surface area contributed by atoms with Gasteiger partial charge in [0.05, 0.1) is 6.10 Å². The van der Waals surface area contributed by atoms with Crippen LogP contribution in [0.1, 0.15) is 33.1 Å². The van der Waals surface area contributed by atoms with Crippen LogP contribution in [0.5, 0.6) is 0 Å². The molecule has 0 aromatic heterocycles. The summed E-state index contributed by atoms with van der Waals surface area (Å²) in [7, 11) is 1.78. The summed E-state index contributed by atoms with van der Waals surface area (Å²) in [5.41, 5.74) is 2.06. The van der Waals surface area contributed by atoms with Gasteiger partial charge in [0, 0.05) is 38.0 Å². The van der Waals surface area contributed by atoms with Gasteiger partial charge in [0.25, 0.3) is 0 Å². The molecule has 1 amide bonds. The van der Waals surface area contributed by atoms with E-state index in [1.165, 1.54) is 5.69 Å². The van der Waals surface area contributed by atoms with Gasteiger partial charge >= 0.3 is 0 Å². The number of methoxy groups -OCH3 is 1. The van der Waals surface area contributed by atoms with Crippen LogP contribution < -0.4 is 10.2 Å². The van der Waals surface area contributed by atoms with Crippen LogP contribution in [0, 0.1) is 5.92 Å². The second kappa shape index (κ2) is 7.46. The predicted octanol–water partition coefficient (Wildman–Crippen LogP) is 3.29. The van der Waals surface area contributed by atoms with Crippen molar-refractivity contribution in [2.24, 2.45) is 5.92 Å². The number of rotatable bonds is 5. The summed E-state index contributed by atoms with van der Waals surface area (Å²) in [4.78, 5) is 14.1. The van der Waals surface area contributed by atoms with Crippen molar-refractivity contribution >= 4 is 17.3 Å². The molecule has 2 rings (SSSR count). The first-order chi connectivity index (χ1) is 10.1. The van der Waals surface area contributed by atoms with Gasteiger partial charge in [-0.1, -0.05) is 13.8 Å². The predicted molar refractivity (Wildman–Crippen MR) is 86.8 cm³/mol. The Hall–Kier alpha value is -1.55. The molecule has 0 aliphatic carbocycles. The number of carbonyl (C=O) groups is 1. The summed E-state index contributed by atoms with van der Waals surface area (Å²) in [6, 6.07) is 8.10. The third kappa shape index (κ3) is 4.74. The van der Waals surface area contributed by atoms with Crippen LogP contribution >= 0.6 is 0 Å². The average Bonchev–Trinajstić information content (AvgIpc) is 2.47. The molecule has 1 aromatic rings. The summed E-state index contributed by atoms with van der Waals surface area (Å²) in [5.74, 6) is 0.457. The summed E-state index contributed by atoms with van der Waals surface area (Å²) in [5, 5.41) is 2.94. The van der Waals surface area contributed by atoms with Crippen LogP contribution in [0.25, 0.3) is 0 Å². The van der Waals surface area contributed by atoms with Crippen molar-refractivity contribution in [3.05, 3.63) is 24.3 Å². The van der Waals surface area contributed by atoms with Crippen molar-refractivity contribution in [1.82, 2.24) is 0 Å². The van der Waals surface area contributed by atoms with Gasteiger partial charge in [-0.05, 0) is 43.0 Å². The van der Waals surface area contributed by atoms with Gasteiger partial charge < -0.3 is 15.0 Å². The fourth-order valence-corrected chi connectivity index (χ4v) is 2.70. The number of hydrogen-bond acceptors (Lipinski definition) is 3. The van der Waals surface area contributed by atoms with Crippen LogP contribution in [0.3, 0.4) is 0 Å². The second-order valence-corrected chi connectivity index (χ2v) is 6.14. The Balaban J connectivity index is 1.94. The lowest BCUT2D eigenvalue weighted by Gasteiger charge is -2.33. The number of benzene rings is 1. The zero-order valence-electron chi connectivity index (χ0n) is 13.3. The van der Waals surface area contributed by atoms with Gasteiger partial charge in [0.1, 0.15) is 0 Å². The highest BCUT2D eigenvalue weighted by molar-refractivity contribution is 5.90. The summed E-state index contributed by atoms with van der Waals surface area (Å²) in [6.45, 7) is 6.10. The maximum Gasteiger partial charge on any atom is 0.224 e. The molecule has 4 nitrogen and oxygen atoms in total. The van der Waals surface area contributed by atoms with Gasteiger partial charge in [-0.25, -0.2) is 0 Å². The number of hydrogen-bond donors (Lipinski definition) is 1. The lowest BCUT2D eigenvalue weighted by Crippen LogP contribution is -2.39. The van der Waals surface area contributed by atoms with E-state index in [1.54, 1.807) is 7.11 Å². The molecule has 0 bridgehead atoms. The number of ether oxygens (including phenoxy) is 1. The molecule has 1 saturated heterocycles. The third-order valence-corrected chi connectivity index (χ3v) is 3.82. The molecule has 0 saturated carbocycles. The minimum Gasteiger partial charge on any atom is -0.380 e. The first-order valence-corrected chi connectivity index (χ1v) is 7.76. The molecule has 0 spiro atoms. The minimum absolute atomic E-state index is 0.0789. The Morgan fingerprint density at radius 2 is 2.10 bits per heavy atom. The maximum atomic E-state index is 11.8. The van der Waals surface area contributed by atoms with Crippen LogP contribution in [0.2, 0.25) is 0 Å². The molecule has 1 N–H and O–H groups in total. The topological polar surface area (TPSA) is 41.6 Å². The van der Waals surface area contributed by atoms with Gasteiger partial charge in [0.2, 0.25) is 5.91 Å². The Kier molecular flexibility index (Phi) is 5.62. The fourth-order valence-electron chi connectivity index (χ4n) is 2.70. The van der Waals surface area contributed by atoms with Crippen LogP contribution in [-0.4, -0.2) is 32.2 Å². The number of nitrogens with one attached hydrogen (secondary N) is 1. The molecule has 1 unspecified atom stereocenters. The molecular formula is C17H26N2O2. The number of piperidine rings is 1. The van der Waals surface area contributed by atoms with E-state index in [2.05, 4.69) is 22.3 Å². The SMILES string of the molecule is COC1CCCN(c2ccc(NC(=O)CC(C)C)cc2)C1. The molecule has 1 aromatic carbocycles. The molecule has 1 atom stereocenters. The largest absolute Gasteiger partial charge is 0.380 e. The Labute approximate surface area is 127 Å². The third-order valence-electron chi connectivity index (χ3n) is 3.82. The molecule has 1 heterocycles. The smallest absolute Gasteiger partial charge is 0.224 e. The zero-order valence-corrected chi connectivity index (χ0v) is 13.3. The van der Waals surface area contributed by atoms with Crippen molar-refractivity contribution in [3.63, 3.8) is 0 Å².